The lowest BCUT2D eigenvalue weighted by atomic mass is 10.2. The molecular formula is C13H20N4O3. The van der Waals surface area contributed by atoms with Crippen LogP contribution in [0, 0.1) is 10.1 Å². The third-order valence-electron chi connectivity index (χ3n) is 3.21. The van der Waals surface area contributed by atoms with Crippen molar-refractivity contribution in [3.05, 3.63) is 22.2 Å². The summed E-state index contributed by atoms with van der Waals surface area (Å²) in [4.78, 5) is 14.8. The number of aromatic nitrogens is 1. The molecule has 1 aromatic rings. The number of hydrogen-bond acceptors (Lipinski definition) is 6. The third kappa shape index (κ3) is 3.80. The molecule has 2 rings (SSSR count). The summed E-state index contributed by atoms with van der Waals surface area (Å²) in [5.74, 6) is 0.948. The Balaban J connectivity index is 1.98. The molecule has 1 fully saturated rings. The van der Waals surface area contributed by atoms with Gasteiger partial charge in [0, 0.05) is 25.8 Å². The van der Waals surface area contributed by atoms with E-state index in [2.05, 4.69) is 15.6 Å². The van der Waals surface area contributed by atoms with Gasteiger partial charge in [-0.3, -0.25) is 10.1 Å². The minimum atomic E-state index is -0.420. The molecule has 1 aromatic heterocycles. The van der Waals surface area contributed by atoms with E-state index < -0.39 is 4.92 Å². The Hall–Kier alpha value is -1.89. The second-order valence-corrected chi connectivity index (χ2v) is 4.70. The van der Waals surface area contributed by atoms with E-state index in [9.17, 15) is 10.1 Å². The Bertz CT molecular complexity index is 461. The van der Waals surface area contributed by atoms with Gasteiger partial charge in [-0.15, -0.1) is 0 Å². The maximum absolute atomic E-state index is 11.0. The van der Waals surface area contributed by atoms with Crippen LogP contribution in [-0.4, -0.2) is 35.7 Å². The molecule has 20 heavy (non-hydrogen) atoms. The SMILES string of the molecule is CCNc1ccc([N+](=O)[O-])c(NCCC2CCCO2)n1. The van der Waals surface area contributed by atoms with Crippen LogP contribution in [0.3, 0.4) is 0 Å². The molecule has 7 heteroatoms. The van der Waals surface area contributed by atoms with Crippen molar-refractivity contribution in [1.29, 1.82) is 0 Å². The zero-order valence-electron chi connectivity index (χ0n) is 11.6. The highest BCUT2D eigenvalue weighted by molar-refractivity contribution is 5.60. The van der Waals surface area contributed by atoms with Crippen molar-refractivity contribution >= 4 is 17.3 Å². The van der Waals surface area contributed by atoms with Crippen LogP contribution in [0.1, 0.15) is 26.2 Å². The molecule has 1 saturated heterocycles. The molecule has 0 radical (unpaired) electrons. The quantitative estimate of drug-likeness (QED) is 0.589. The highest BCUT2D eigenvalue weighted by Crippen LogP contribution is 2.24. The third-order valence-corrected chi connectivity index (χ3v) is 3.21. The van der Waals surface area contributed by atoms with Crippen LogP contribution in [0.25, 0.3) is 0 Å². The van der Waals surface area contributed by atoms with Crippen LogP contribution in [0.4, 0.5) is 17.3 Å². The summed E-state index contributed by atoms with van der Waals surface area (Å²) in [6, 6.07) is 3.09. The maximum Gasteiger partial charge on any atom is 0.311 e. The molecule has 1 unspecified atom stereocenters. The lowest BCUT2D eigenvalue weighted by molar-refractivity contribution is -0.384. The van der Waals surface area contributed by atoms with Crippen molar-refractivity contribution in [2.45, 2.75) is 32.3 Å². The molecule has 0 aromatic carbocycles. The Morgan fingerprint density at radius 2 is 2.35 bits per heavy atom. The van der Waals surface area contributed by atoms with Crippen molar-refractivity contribution in [2.75, 3.05) is 30.3 Å². The van der Waals surface area contributed by atoms with E-state index in [4.69, 9.17) is 4.74 Å². The molecule has 2 heterocycles. The Kier molecular flexibility index (Phi) is 5.11. The number of nitro groups is 1. The standard InChI is InChI=1S/C13H20N4O3/c1-2-14-12-6-5-11(17(18)19)13(16-12)15-8-7-10-4-3-9-20-10/h5-6,10H,2-4,7-9H2,1H3,(H2,14,15,16). The topological polar surface area (TPSA) is 89.3 Å². The molecule has 0 bridgehead atoms. The molecular weight excluding hydrogens is 260 g/mol. The lowest BCUT2D eigenvalue weighted by Crippen LogP contribution is -2.14. The molecule has 0 aliphatic carbocycles. The summed E-state index contributed by atoms with van der Waals surface area (Å²) in [5, 5.41) is 17.1. The minimum Gasteiger partial charge on any atom is -0.378 e. The van der Waals surface area contributed by atoms with Gasteiger partial charge in [-0.2, -0.15) is 0 Å². The summed E-state index contributed by atoms with van der Waals surface area (Å²) in [7, 11) is 0. The number of hydrogen-bond donors (Lipinski definition) is 2. The summed E-state index contributed by atoms with van der Waals surface area (Å²) >= 11 is 0. The highest BCUT2D eigenvalue weighted by Gasteiger charge is 2.18. The molecule has 2 N–H and O–H groups in total. The molecule has 0 amide bonds. The van der Waals surface area contributed by atoms with E-state index in [1.165, 1.54) is 6.07 Å². The van der Waals surface area contributed by atoms with Crippen LogP contribution in [0.2, 0.25) is 0 Å². The summed E-state index contributed by atoms with van der Waals surface area (Å²) in [6.07, 6.45) is 3.26. The van der Waals surface area contributed by atoms with E-state index in [0.717, 1.165) is 32.4 Å². The predicted molar refractivity (Wildman–Crippen MR) is 77.1 cm³/mol. The first-order chi connectivity index (χ1) is 9.70. The first kappa shape index (κ1) is 14.5. The van der Waals surface area contributed by atoms with E-state index in [1.54, 1.807) is 6.07 Å². The van der Waals surface area contributed by atoms with Crippen molar-refractivity contribution < 1.29 is 9.66 Å². The summed E-state index contributed by atoms with van der Waals surface area (Å²) in [6.45, 7) is 4.11. The van der Waals surface area contributed by atoms with Crippen molar-refractivity contribution in [2.24, 2.45) is 0 Å². The molecule has 110 valence electrons. The van der Waals surface area contributed by atoms with Gasteiger partial charge in [-0.1, -0.05) is 0 Å². The highest BCUT2D eigenvalue weighted by atomic mass is 16.6. The largest absolute Gasteiger partial charge is 0.378 e. The first-order valence-electron chi connectivity index (χ1n) is 6.95. The number of rotatable bonds is 7. The number of nitrogens with zero attached hydrogens (tertiary/aromatic N) is 2. The van der Waals surface area contributed by atoms with Gasteiger partial charge in [0.05, 0.1) is 11.0 Å². The average molecular weight is 280 g/mol. The van der Waals surface area contributed by atoms with Crippen LogP contribution in [0.15, 0.2) is 12.1 Å². The van der Waals surface area contributed by atoms with Crippen LogP contribution in [0.5, 0.6) is 0 Å². The summed E-state index contributed by atoms with van der Waals surface area (Å²) < 4.78 is 5.52. The van der Waals surface area contributed by atoms with Crippen LogP contribution >= 0.6 is 0 Å². The lowest BCUT2D eigenvalue weighted by Gasteiger charge is -2.11. The second-order valence-electron chi connectivity index (χ2n) is 4.70. The van der Waals surface area contributed by atoms with Gasteiger partial charge in [-0.25, -0.2) is 4.98 Å². The van der Waals surface area contributed by atoms with Crippen molar-refractivity contribution in [1.82, 2.24) is 4.98 Å². The van der Waals surface area contributed by atoms with Crippen molar-refractivity contribution in [3.8, 4) is 0 Å². The van der Waals surface area contributed by atoms with Crippen molar-refractivity contribution in [3.63, 3.8) is 0 Å². The fraction of sp³-hybridized carbons (Fsp3) is 0.615. The van der Waals surface area contributed by atoms with Gasteiger partial charge in [0.25, 0.3) is 0 Å². The van der Waals surface area contributed by atoms with Gasteiger partial charge in [-0.05, 0) is 32.3 Å². The van der Waals surface area contributed by atoms with Gasteiger partial charge in [0.2, 0.25) is 5.82 Å². The predicted octanol–water partition coefficient (Wildman–Crippen LogP) is 2.40. The van der Waals surface area contributed by atoms with Gasteiger partial charge in [0.15, 0.2) is 0 Å². The van der Waals surface area contributed by atoms with E-state index in [0.29, 0.717) is 18.2 Å². The molecule has 1 atom stereocenters. The molecule has 7 nitrogen and oxygen atoms in total. The van der Waals surface area contributed by atoms with Crippen LogP contribution < -0.4 is 10.6 Å². The van der Waals surface area contributed by atoms with E-state index in [1.807, 2.05) is 6.92 Å². The normalized spacial score (nSPS) is 17.9. The van der Waals surface area contributed by atoms with E-state index in [-0.39, 0.29) is 11.8 Å². The Morgan fingerprint density at radius 1 is 1.50 bits per heavy atom. The number of nitrogens with one attached hydrogen (secondary N) is 2. The smallest absolute Gasteiger partial charge is 0.311 e. The van der Waals surface area contributed by atoms with Gasteiger partial charge >= 0.3 is 5.69 Å². The average Bonchev–Trinajstić information content (AvgIpc) is 2.92. The first-order valence-corrected chi connectivity index (χ1v) is 6.95. The molecule has 0 spiro atoms. The zero-order valence-corrected chi connectivity index (χ0v) is 11.6. The molecule has 1 aliphatic rings. The minimum absolute atomic E-state index is 0.000932. The maximum atomic E-state index is 11.0. The monoisotopic (exact) mass is 280 g/mol. The fourth-order valence-electron chi connectivity index (χ4n) is 2.23. The van der Waals surface area contributed by atoms with E-state index >= 15 is 0 Å². The molecule has 1 aliphatic heterocycles. The Morgan fingerprint density at radius 3 is 3.00 bits per heavy atom. The second kappa shape index (κ2) is 7.04. The van der Waals surface area contributed by atoms with Crippen LogP contribution in [-0.2, 0) is 4.74 Å². The Labute approximate surface area is 117 Å². The number of ether oxygens (including phenoxy) is 1. The zero-order chi connectivity index (χ0) is 14.4. The number of anilines is 2. The fourth-order valence-corrected chi connectivity index (χ4v) is 2.23. The summed E-state index contributed by atoms with van der Waals surface area (Å²) in [5.41, 5.74) is -0.000932. The van der Waals surface area contributed by atoms with Gasteiger partial charge in [0.1, 0.15) is 5.82 Å². The number of pyridine rings is 1. The van der Waals surface area contributed by atoms with Gasteiger partial charge < -0.3 is 15.4 Å². The molecule has 0 saturated carbocycles.